The van der Waals surface area contributed by atoms with Crippen molar-refractivity contribution >= 4 is 11.7 Å². The Bertz CT molecular complexity index is 484. The molecule has 2 unspecified atom stereocenters. The lowest BCUT2D eigenvalue weighted by atomic mass is 10.2. The molecular weight excluding hydrogens is 228 g/mol. The molecule has 1 aliphatic heterocycles. The number of nitrogen functional groups attached to an aromatic ring is 1. The van der Waals surface area contributed by atoms with Crippen LogP contribution in [0.4, 0.5) is 5.82 Å². The molecule has 2 fully saturated rings. The first kappa shape index (κ1) is 11.5. The number of likely N-dealkylation sites (tertiary alicyclic amines) is 1. The lowest BCUT2D eigenvalue weighted by molar-refractivity contribution is 0.0754. The molecule has 96 valence electrons. The molecular formula is C13H18N4O. The number of rotatable bonds is 2. The molecule has 5 nitrogen and oxygen atoms in total. The van der Waals surface area contributed by atoms with Crippen LogP contribution in [0.25, 0.3) is 0 Å². The van der Waals surface area contributed by atoms with Crippen LogP contribution >= 0.6 is 0 Å². The molecule has 0 spiro atoms. The number of likely N-dealkylation sites (N-methyl/N-ethyl adjacent to an activating group) is 1. The van der Waals surface area contributed by atoms with E-state index in [0.717, 1.165) is 13.1 Å². The number of carbonyl (C=O) groups is 1. The number of amides is 1. The Labute approximate surface area is 107 Å². The van der Waals surface area contributed by atoms with Crippen LogP contribution in [0.2, 0.25) is 0 Å². The van der Waals surface area contributed by atoms with Crippen LogP contribution in [0.3, 0.4) is 0 Å². The lowest BCUT2D eigenvalue weighted by Gasteiger charge is -2.25. The normalized spacial score (nSPS) is 29.5. The van der Waals surface area contributed by atoms with Crippen molar-refractivity contribution in [3.8, 4) is 0 Å². The molecule has 1 saturated carbocycles. The van der Waals surface area contributed by atoms with E-state index in [2.05, 4.69) is 24.0 Å². The minimum Gasteiger partial charge on any atom is -0.384 e. The maximum atomic E-state index is 12.3. The highest BCUT2D eigenvalue weighted by atomic mass is 16.2. The van der Waals surface area contributed by atoms with Gasteiger partial charge in [0.05, 0.1) is 5.56 Å². The third-order valence-corrected chi connectivity index (χ3v) is 4.32. The van der Waals surface area contributed by atoms with Gasteiger partial charge in [-0.3, -0.25) is 4.79 Å². The van der Waals surface area contributed by atoms with Crippen molar-refractivity contribution in [2.45, 2.75) is 12.0 Å². The molecule has 1 saturated heterocycles. The van der Waals surface area contributed by atoms with Crippen LogP contribution in [-0.2, 0) is 0 Å². The Balaban J connectivity index is 1.74. The van der Waals surface area contributed by atoms with Gasteiger partial charge >= 0.3 is 0 Å². The van der Waals surface area contributed by atoms with Crippen molar-refractivity contribution in [1.29, 1.82) is 0 Å². The summed E-state index contributed by atoms with van der Waals surface area (Å²) in [6.07, 6.45) is 2.77. The Morgan fingerprint density at radius 3 is 2.89 bits per heavy atom. The number of hydrogen-bond donors (Lipinski definition) is 1. The standard InChI is InChI=1S/C13H18N4O/c1-16(2)13-5-10(13)7-17(8-13)12(18)9-3-4-11(14)15-6-9/h3-4,6,10H,5,7-8H2,1-2H3,(H2,14,15). The predicted octanol–water partition coefficient (Wildman–Crippen LogP) is 0.440. The van der Waals surface area contributed by atoms with Gasteiger partial charge in [-0.25, -0.2) is 4.98 Å². The number of fused-ring (bicyclic) bond motifs is 1. The summed E-state index contributed by atoms with van der Waals surface area (Å²) in [5.74, 6) is 1.15. The summed E-state index contributed by atoms with van der Waals surface area (Å²) in [6, 6.07) is 3.42. The average molecular weight is 246 g/mol. The Morgan fingerprint density at radius 1 is 1.56 bits per heavy atom. The second-order valence-electron chi connectivity index (χ2n) is 5.56. The van der Waals surface area contributed by atoms with Gasteiger partial charge in [0, 0.05) is 24.8 Å². The van der Waals surface area contributed by atoms with E-state index in [4.69, 9.17) is 5.73 Å². The van der Waals surface area contributed by atoms with Crippen LogP contribution in [-0.4, -0.2) is 53.4 Å². The monoisotopic (exact) mass is 246 g/mol. The third kappa shape index (κ3) is 1.58. The molecule has 3 rings (SSSR count). The molecule has 18 heavy (non-hydrogen) atoms. The number of anilines is 1. The molecule has 2 aliphatic rings. The summed E-state index contributed by atoms with van der Waals surface area (Å²) in [7, 11) is 4.19. The number of nitrogens with two attached hydrogens (primary N) is 1. The first-order valence-electron chi connectivity index (χ1n) is 6.21. The van der Waals surface area contributed by atoms with E-state index in [0.29, 0.717) is 17.3 Å². The molecule has 2 N–H and O–H groups in total. The van der Waals surface area contributed by atoms with Crippen molar-refractivity contribution in [2.24, 2.45) is 5.92 Å². The second kappa shape index (κ2) is 3.68. The van der Waals surface area contributed by atoms with Gasteiger partial charge in [0.25, 0.3) is 5.91 Å². The van der Waals surface area contributed by atoms with Crippen molar-refractivity contribution < 1.29 is 4.79 Å². The highest BCUT2D eigenvalue weighted by molar-refractivity contribution is 5.94. The zero-order chi connectivity index (χ0) is 12.9. The smallest absolute Gasteiger partial charge is 0.255 e. The van der Waals surface area contributed by atoms with Crippen molar-refractivity contribution in [3.05, 3.63) is 23.9 Å². The van der Waals surface area contributed by atoms with E-state index < -0.39 is 0 Å². The Kier molecular flexibility index (Phi) is 2.35. The molecule has 5 heteroatoms. The molecule has 1 aliphatic carbocycles. The predicted molar refractivity (Wildman–Crippen MR) is 69.1 cm³/mol. The number of piperidine rings is 1. The van der Waals surface area contributed by atoms with E-state index in [1.807, 2.05) is 4.90 Å². The SMILES string of the molecule is CN(C)C12CC1CN(C(=O)c1ccc(N)nc1)C2. The van der Waals surface area contributed by atoms with Crippen LogP contribution in [0.5, 0.6) is 0 Å². The van der Waals surface area contributed by atoms with E-state index in [1.54, 1.807) is 18.3 Å². The zero-order valence-electron chi connectivity index (χ0n) is 10.8. The van der Waals surface area contributed by atoms with E-state index in [9.17, 15) is 4.79 Å². The summed E-state index contributed by atoms with van der Waals surface area (Å²) in [5, 5.41) is 0. The number of pyridine rings is 1. The van der Waals surface area contributed by atoms with E-state index in [-0.39, 0.29) is 11.4 Å². The Morgan fingerprint density at radius 2 is 2.33 bits per heavy atom. The fourth-order valence-electron chi connectivity index (χ4n) is 3.02. The van der Waals surface area contributed by atoms with E-state index >= 15 is 0 Å². The third-order valence-electron chi connectivity index (χ3n) is 4.32. The average Bonchev–Trinajstić information content (AvgIpc) is 2.93. The molecule has 0 aromatic carbocycles. The highest BCUT2D eigenvalue weighted by Crippen LogP contribution is 2.52. The number of hydrogen-bond acceptors (Lipinski definition) is 4. The summed E-state index contributed by atoms with van der Waals surface area (Å²) < 4.78 is 0. The highest BCUT2D eigenvalue weighted by Gasteiger charge is 2.62. The minimum absolute atomic E-state index is 0.0657. The molecule has 2 atom stereocenters. The van der Waals surface area contributed by atoms with Crippen molar-refractivity contribution in [3.63, 3.8) is 0 Å². The van der Waals surface area contributed by atoms with Gasteiger partial charge in [-0.05, 0) is 38.6 Å². The fourth-order valence-corrected chi connectivity index (χ4v) is 3.02. The van der Waals surface area contributed by atoms with Crippen LogP contribution in [0.15, 0.2) is 18.3 Å². The number of nitrogens with zero attached hydrogens (tertiary/aromatic N) is 3. The Hall–Kier alpha value is -1.62. The molecule has 1 aromatic heterocycles. The van der Waals surface area contributed by atoms with Gasteiger partial charge in [0.2, 0.25) is 0 Å². The molecule has 0 radical (unpaired) electrons. The summed E-state index contributed by atoms with van der Waals surface area (Å²) in [4.78, 5) is 20.5. The molecule has 0 bridgehead atoms. The quantitative estimate of drug-likeness (QED) is 0.822. The van der Waals surface area contributed by atoms with Gasteiger partial charge in [-0.2, -0.15) is 0 Å². The molecule has 1 amide bonds. The minimum atomic E-state index is 0.0657. The van der Waals surface area contributed by atoms with Gasteiger partial charge < -0.3 is 15.5 Å². The summed E-state index contributed by atoms with van der Waals surface area (Å²) in [5.41, 5.74) is 6.38. The van der Waals surface area contributed by atoms with Gasteiger partial charge in [-0.1, -0.05) is 0 Å². The van der Waals surface area contributed by atoms with Crippen LogP contribution in [0.1, 0.15) is 16.8 Å². The molecule has 1 aromatic rings. The van der Waals surface area contributed by atoms with Crippen LogP contribution in [0, 0.1) is 5.92 Å². The summed E-state index contributed by atoms with van der Waals surface area (Å²) >= 11 is 0. The first-order chi connectivity index (χ1) is 8.53. The van der Waals surface area contributed by atoms with Gasteiger partial charge in [0.15, 0.2) is 0 Å². The second-order valence-corrected chi connectivity index (χ2v) is 5.56. The van der Waals surface area contributed by atoms with E-state index in [1.165, 1.54) is 6.42 Å². The van der Waals surface area contributed by atoms with Gasteiger partial charge in [0.1, 0.15) is 5.82 Å². The maximum Gasteiger partial charge on any atom is 0.255 e. The molecule has 2 heterocycles. The van der Waals surface area contributed by atoms with Gasteiger partial charge in [-0.15, -0.1) is 0 Å². The first-order valence-corrected chi connectivity index (χ1v) is 6.21. The van der Waals surface area contributed by atoms with Crippen LogP contribution < -0.4 is 5.73 Å². The maximum absolute atomic E-state index is 12.3. The van der Waals surface area contributed by atoms with Crippen molar-refractivity contribution in [2.75, 3.05) is 32.9 Å². The fraction of sp³-hybridized carbons (Fsp3) is 0.538. The number of aromatic nitrogens is 1. The summed E-state index contributed by atoms with van der Waals surface area (Å²) in [6.45, 7) is 1.69. The van der Waals surface area contributed by atoms with Crippen molar-refractivity contribution in [1.82, 2.24) is 14.8 Å². The lowest BCUT2D eigenvalue weighted by Crippen LogP contribution is -2.39. The number of carbonyl (C=O) groups excluding carboxylic acids is 1. The largest absolute Gasteiger partial charge is 0.384 e. The topological polar surface area (TPSA) is 62.5 Å². The zero-order valence-corrected chi connectivity index (χ0v) is 10.8.